The van der Waals surface area contributed by atoms with E-state index in [1.807, 2.05) is 6.92 Å². The van der Waals surface area contributed by atoms with E-state index >= 15 is 0 Å². The fraction of sp³-hybridized carbons (Fsp3) is 0.273. The molecule has 2 aromatic rings. The van der Waals surface area contributed by atoms with Crippen molar-refractivity contribution < 1.29 is 5.11 Å². The number of phenols is 1. The van der Waals surface area contributed by atoms with Crippen molar-refractivity contribution in [3.05, 3.63) is 36.2 Å². The average Bonchev–Trinajstić information content (AvgIpc) is 2.66. The molecule has 1 heterocycles. The molecular weight excluding hydrogens is 204 g/mol. The van der Waals surface area contributed by atoms with Crippen LogP contribution in [0.3, 0.4) is 0 Å². The molecule has 0 radical (unpaired) electrons. The maximum absolute atomic E-state index is 9.20. The smallest absolute Gasteiger partial charge is 0.115 e. The van der Waals surface area contributed by atoms with Crippen molar-refractivity contribution in [3.63, 3.8) is 0 Å². The van der Waals surface area contributed by atoms with Crippen molar-refractivity contribution >= 4 is 0 Å². The van der Waals surface area contributed by atoms with Crippen LogP contribution in [0.2, 0.25) is 0 Å². The highest BCUT2D eigenvalue weighted by atomic mass is 16.3. The number of phenolic OH excluding ortho intramolecular Hbond substituents is 1. The maximum atomic E-state index is 9.20. The summed E-state index contributed by atoms with van der Waals surface area (Å²) < 4.78 is 1.72. The fourth-order valence-corrected chi connectivity index (χ4v) is 1.54. The van der Waals surface area contributed by atoms with Gasteiger partial charge in [0.15, 0.2) is 0 Å². The first-order valence-electron chi connectivity index (χ1n) is 5.11. The second-order valence-electron chi connectivity index (χ2n) is 3.83. The van der Waals surface area contributed by atoms with Gasteiger partial charge < -0.3 is 10.8 Å². The van der Waals surface area contributed by atoms with Crippen LogP contribution >= 0.6 is 0 Å². The molecule has 0 amide bonds. The number of rotatable bonds is 3. The lowest BCUT2D eigenvalue weighted by molar-refractivity contribution is 0.475. The van der Waals surface area contributed by atoms with E-state index in [-0.39, 0.29) is 11.8 Å². The second-order valence-corrected chi connectivity index (χ2v) is 3.83. The molecule has 0 fully saturated rings. The number of aromatic nitrogens is 3. The van der Waals surface area contributed by atoms with E-state index in [4.69, 9.17) is 5.73 Å². The lowest BCUT2D eigenvalue weighted by Crippen LogP contribution is -2.19. The van der Waals surface area contributed by atoms with Crippen molar-refractivity contribution in [1.82, 2.24) is 15.0 Å². The summed E-state index contributed by atoms with van der Waals surface area (Å²) in [6.45, 7) is 1.94. The van der Waals surface area contributed by atoms with Gasteiger partial charge in [-0.15, -0.1) is 5.10 Å². The Bertz CT molecular complexity index is 461. The fourth-order valence-electron chi connectivity index (χ4n) is 1.54. The van der Waals surface area contributed by atoms with Gasteiger partial charge in [0.25, 0.3) is 0 Å². The molecule has 1 aromatic carbocycles. The molecule has 5 nitrogen and oxygen atoms in total. The molecule has 0 saturated heterocycles. The lowest BCUT2D eigenvalue weighted by Gasteiger charge is -2.07. The molecule has 5 heteroatoms. The molecular formula is C11H14N4O. The van der Waals surface area contributed by atoms with Crippen molar-refractivity contribution in [2.24, 2.45) is 5.73 Å². The Kier molecular flexibility index (Phi) is 2.87. The SMILES string of the molecule is CC(N)Cc1cnnn1-c1ccc(O)cc1. The highest BCUT2D eigenvalue weighted by Crippen LogP contribution is 2.14. The minimum absolute atomic E-state index is 0.0642. The zero-order chi connectivity index (χ0) is 11.5. The first kappa shape index (κ1) is 10.6. The molecule has 1 unspecified atom stereocenters. The van der Waals surface area contributed by atoms with Gasteiger partial charge in [0, 0.05) is 12.5 Å². The Morgan fingerprint density at radius 2 is 2.06 bits per heavy atom. The number of nitrogens with zero attached hydrogens (tertiary/aromatic N) is 3. The summed E-state index contributed by atoms with van der Waals surface area (Å²) in [5.74, 6) is 0.234. The summed E-state index contributed by atoms with van der Waals surface area (Å²) >= 11 is 0. The molecule has 1 aromatic heterocycles. The Labute approximate surface area is 93.5 Å². The lowest BCUT2D eigenvalue weighted by atomic mass is 10.2. The van der Waals surface area contributed by atoms with Crippen LogP contribution in [0.1, 0.15) is 12.6 Å². The first-order valence-corrected chi connectivity index (χ1v) is 5.11. The van der Waals surface area contributed by atoms with Crippen LogP contribution in [0.4, 0.5) is 0 Å². The van der Waals surface area contributed by atoms with Crippen LogP contribution in [0.15, 0.2) is 30.5 Å². The summed E-state index contributed by atoms with van der Waals surface area (Å²) in [5.41, 5.74) is 7.57. The first-order chi connectivity index (χ1) is 7.66. The van der Waals surface area contributed by atoms with Gasteiger partial charge in [0.2, 0.25) is 0 Å². The van der Waals surface area contributed by atoms with Gasteiger partial charge in [0.1, 0.15) is 5.75 Å². The van der Waals surface area contributed by atoms with Crippen LogP contribution in [0.5, 0.6) is 5.75 Å². The number of hydrogen-bond acceptors (Lipinski definition) is 4. The minimum atomic E-state index is 0.0642. The molecule has 0 spiro atoms. The molecule has 0 aliphatic heterocycles. The van der Waals surface area contributed by atoms with Gasteiger partial charge >= 0.3 is 0 Å². The Morgan fingerprint density at radius 3 is 2.69 bits per heavy atom. The molecule has 3 N–H and O–H groups in total. The van der Waals surface area contributed by atoms with Crippen LogP contribution in [-0.2, 0) is 6.42 Å². The van der Waals surface area contributed by atoms with E-state index in [1.54, 1.807) is 35.1 Å². The van der Waals surface area contributed by atoms with Gasteiger partial charge in [-0.25, -0.2) is 4.68 Å². The molecule has 0 aliphatic rings. The largest absolute Gasteiger partial charge is 0.508 e. The third kappa shape index (κ3) is 2.20. The summed E-state index contributed by atoms with van der Waals surface area (Å²) in [6.07, 6.45) is 2.42. The van der Waals surface area contributed by atoms with Crippen molar-refractivity contribution in [2.75, 3.05) is 0 Å². The van der Waals surface area contributed by atoms with Crippen molar-refractivity contribution in [1.29, 1.82) is 0 Å². The standard InChI is InChI=1S/C11H14N4O/c1-8(12)6-10-7-13-14-15(10)9-2-4-11(16)5-3-9/h2-5,7-8,16H,6,12H2,1H3. The third-order valence-electron chi connectivity index (χ3n) is 2.25. The maximum Gasteiger partial charge on any atom is 0.115 e. The summed E-state index contributed by atoms with van der Waals surface area (Å²) in [6, 6.07) is 6.87. The predicted molar refractivity (Wildman–Crippen MR) is 60.4 cm³/mol. The molecule has 0 saturated carbocycles. The average molecular weight is 218 g/mol. The van der Waals surface area contributed by atoms with Gasteiger partial charge in [-0.2, -0.15) is 0 Å². The van der Waals surface area contributed by atoms with E-state index in [0.717, 1.165) is 11.4 Å². The van der Waals surface area contributed by atoms with E-state index in [9.17, 15) is 5.11 Å². The number of aromatic hydroxyl groups is 1. The van der Waals surface area contributed by atoms with Gasteiger partial charge in [-0.1, -0.05) is 5.21 Å². The van der Waals surface area contributed by atoms with Gasteiger partial charge in [-0.3, -0.25) is 0 Å². The molecule has 2 rings (SSSR count). The van der Waals surface area contributed by atoms with Crippen LogP contribution in [-0.4, -0.2) is 26.1 Å². The van der Waals surface area contributed by atoms with Gasteiger partial charge in [0.05, 0.1) is 17.6 Å². The molecule has 16 heavy (non-hydrogen) atoms. The predicted octanol–water partition coefficient (Wildman–Crippen LogP) is 0.863. The molecule has 0 bridgehead atoms. The third-order valence-corrected chi connectivity index (χ3v) is 2.25. The normalized spacial score (nSPS) is 12.6. The Hall–Kier alpha value is -1.88. The van der Waals surface area contributed by atoms with Crippen LogP contribution in [0, 0.1) is 0 Å². The number of nitrogens with two attached hydrogens (primary N) is 1. The number of benzene rings is 1. The summed E-state index contributed by atoms with van der Waals surface area (Å²) in [5, 5.41) is 17.1. The van der Waals surface area contributed by atoms with Gasteiger partial charge in [-0.05, 0) is 31.2 Å². The zero-order valence-corrected chi connectivity index (χ0v) is 9.04. The van der Waals surface area contributed by atoms with Crippen LogP contribution < -0.4 is 5.73 Å². The molecule has 1 atom stereocenters. The van der Waals surface area contributed by atoms with E-state index < -0.39 is 0 Å². The summed E-state index contributed by atoms with van der Waals surface area (Å²) in [7, 11) is 0. The monoisotopic (exact) mass is 218 g/mol. The highest BCUT2D eigenvalue weighted by molar-refractivity contribution is 5.36. The van der Waals surface area contributed by atoms with Crippen molar-refractivity contribution in [2.45, 2.75) is 19.4 Å². The topological polar surface area (TPSA) is 77.0 Å². The molecule has 0 aliphatic carbocycles. The zero-order valence-electron chi connectivity index (χ0n) is 9.04. The highest BCUT2D eigenvalue weighted by Gasteiger charge is 2.07. The number of hydrogen-bond donors (Lipinski definition) is 2. The van der Waals surface area contributed by atoms with E-state index in [0.29, 0.717) is 6.42 Å². The van der Waals surface area contributed by atoms with Crippen molar-refractivity contribution in [3.8, 4) is 11.4 Å². The quantitative estimate of drug-likeness (QED) is 0.801. The Morgan fingerprint density at radius 1 is 1.38 bits per heavy atom. The van der Waals surface area contributed by atoms with Crippen LogP contribution in [0.25, 0.3) is 5.69 Å². The van der Waals surface area contributed by atoms with E-state index in [2.05, 4.69) is 10.3 Å². The Balaban J connectivity index is 2.33. The summed E-state index contributed by atoms with van der Waals surface area (Å²) in [4.78, 5) is 0. The minimum Gasteiger partial charge on any atom is -0.508 e. The van der Waals surface area contributed by atoms with E-state index in [1.165, 1.54) is 0 Å². The molecule has 84 valence electrons. The second kappa shape index (κ2) is 4.32.